The highest BCUT2D eigenvalue weighted by Gasteiger charge is 2.20. The van der Waals surface area contributed by atoms with Gasteiger partial charge in [-0.3, -0.25) is 19.5 Å². The number of nitrogens with one attached hydrogen (secondary N) is 2. The average molecular weight is 367 g/mol. The number of benzene rings is 1. The van der Waals surface area contributed by atoms with Crippen LogP contribution < -0.4 is 22.2 Å². The summed E-state index contributed by atoms with van der Waals surface area (Å²) in [7, 11) is 0. The Bertz CT molecular complexity index is 853. The number of carbonyl (C=O) groups is 1. The van der Waals surface area contributed by atoms with Crippen molar-refractivity contribution in [2.24, 2.45) is 5.73 Å². The van der Waals surface area contributed by atoms with Crippen molar-refractivity contribution in [2.45, 2.75) is 50.7 Å². The largest absolute Gasteiger partial charge is 0.353 e. The van der Waals surface area contributed by atoms with Gasteiger partial charge >= 0.3 is 0 Å². The molecule has 1 saturated carbocycles. The third kappa shape index (κ3) is 4.49. The van der Waals surface area contributed by atoms with E-state index in [9.17, 15) is 14.4 Å². The number of aryl methyl sites for hydroxylation is 1. The number of nitrogens with zero attached hydrogens (tertiary/aromatic N) is 1. The van der Waals surface area contributed by atoms with E-state index in [0.29, 0.717) is 10.8 Å². The van der Waals surface area contributed by atoms with Gasteiger partial charge in [-0.2, -0.15) is 0 Å². The third-order valence-electron chi connectivity index (χ3n) is 4.58. The number of H-pyrrole nitrogens is 1. The Balaban J connectivity index is 0.00000225. The molecule has 0 atom stereocenters. The summed E-state index contributed by atoms with van der Waals surface area (Å²) < 4.78 is 1.21. The Kier molecular flexibility index (Phi) is 6.39. The summed E-state index contributed by atoms with van der Waals surface area (Å²) in [5.41, 5.74) is 5.24. The van der Waals surface area contributed by atoms with Crippen LogP contribution in [0.1, 0.15) is 32.1 Å². The standard InChI is InChI=1S/C17H22N4O3.ClH/c18-11-5-7-12(8-6-11)19-15(22)9-10-21-17(24)14-4-2-1-3-13(14)16(23)20-21;/h1-4,11-12H,5-10,18H2,(H,19,22)(H,20,23);1H. The second kappa shape index (κ2) is 8.31. The average Bonchev–Trinajstić information content (AvgIpc) is 2.59. The van der Waals surface area contributed by atoms with Crippen LogP contribution in [-0.2, 0) is 11.3 Å². The Morgan fingerprint density at radius 3 is 2.48 bits per heavy atom. The van der Waals surface area contributed by atoms with Crippen LogP contribution in [0, 0.1) is 0 Å². The summed E-state index contributed by atoms with van der Waals surface area (Å²) in [5, 5.41) is 6.24. The number of carbonyl (C=O) groups excluding carboxylic acids is 1. The molecular weight excluding hydrogens is 344 g/mol. The lowest BCUT2D eigenvalue weighted by Crippen LogP contribution is -2.41. The molecule has 0 radical (unpaired) electrons. The zero-order chi connectivity index (χ0) is 17.1. The van der Waals surface area contributed by atoms with Gasteiger partial charge in [0.25, 0.3) is 11.1 Å². The van der Waals surface area contributed by atoms with Crippen molar-refractivity contribution in [1.29, 1.82) is 0 Å². The molecule has 1 heterocycles. The summed E-state index contributed by atoms with van der Waals surface area (Å²) >= 11 is 0. The molecule has 3 rings (SSSR count). The van der Waals surface area contributed by atoms with Gasteiger partial charge in [-0.1, -0.05) is 12.1 Å². The summed E-state index contributed by atoms with van der Waals surface area (Å²) in [6.07, 6.45) is 3.76. The first-order chi connectivity index (χ1) is 11.5. The predicted molar refractivity (Wildman–Crippen MR) is 99.1 cm³/mol. The number of hydrogen-bond acceptors (Lipinski definition) is 4. The molecule has 0 spiro atoms. The maximum atomic E-state index is 12.4. The van der Waals surface area contributed by atoms with Crippen LogP contribution in [0.3, 0.4) is 0 Å². The SMILES string of the molecule is Cl.NC1CCC(NC(=O)CCn2[nH]c(=O)c3ccccc3c2=O)CC1. The Hall–Kier alpha value is -2.12. The molecule has 25 heavy (non-hydrogen) atoms. The monoisotopic (exact) mass is 366 g/mol. The van der Waals surface area contributed by atoms with E-state index in [-0.39, 0.29) is 54.5 Å². The first-order valence-electron chi connectivity index (χ1n) is 8.31. The molecule has 1 amide bonds. The van der Waals surface area contributed by atoms with E-state index in [1.165, 1.54) is 4.68 Å². The molecular formula is C17H23ClN4O3. The molecule has 1 aliphatic rings. The van der Waals surface area contributed by atoms with Gasteiger partial charge in [0.15, 0.2) is 0 Å². The minimum atomic E-state index is -0.327. The fourth-order valence-corrected chi connectivity index (χ4v) is 3.18. The molecule has 0 unspecified atom stereocenters. The predicted octanol–water partition coefficient (Wildman–Crippen LogP) is 0.888. The van der Waals surface area contributed by atoms with Crippen molar-refractivity contribution >= 4 is 29.1 Å². The summed E-state index contributed by atoms with van der Waals surface area (Å²) in [5.74, 6) is -0.114. The van der Waals surface area contributed by atoms with Crippen molar-refractivity contribution in [3.8, 4) is 0 Å². The van der Waals surface area contributed by atoms with Crippen molar-refractivity contribution < 1.29 is 4.79 Å². The summed E-state index contributed by atoms with van der Waals surface area (Å²) in [4.78, 5) is 36.5. The zero-order valence-corrected chi connectivity index (χ0v) is 14.7. The van der Waals surface area contributed by atoms with Gasteiger partial charge in [0.1, 0.15) is 0 Å². The van der Waals surface area contributed by atoms with E-state index in [1.807, 2.05) is 0 Å². The minimum Gasteiger partial charge on any atom is -0.353 e. The van der Waals surface area contributed by atoms with Crippen LogP contribution in [0.15, 0.2) is 33.9 Å². The molecule has 1 aromatic carbocycles. The smallest absolute Gasteiger partial charge is 0.273 e. The Morgan fingerprint density at radius 1 is 1.16 bits per heavy atom. The number of nitrogens with two attached hydrogens (primary N) is 1. The van der Waals surface area contributed by atoms with Gasteiger partial charge < -0.3 is 11.1 Å². The van der Waals surface area contributed by atoms with E-state index >= 15 is 0 Å². The lowest BCUT2D eigenvalue weighted by Gasteiger charge is -2.26. The van der Waals surface area contributed by atoms with Gasteiger partial charge in [-0.25, -0.2) is 4.68 Å². The molecule has 8 heteroatoms. The van der Waals surface area contributed by atoms with Crippen molar-refractivity contribution in [3.63, 3.8) is 0 Å². The fraction of sp³-hybridized carbons (Fsp3) is 0.471. The van der Waals surface area contributed by atoms with Crippen molar-refractivity contribution in [1.82, 2.24) is 15.1 Å². The molecule has 0 bridgehead atoms. The zero-order valence-electron chi connectivity index (χ0n) is 13.9. The maximum Gasteiger partial charge on any atom is 0.273 e. The van der Waals surface area contributed by atoms with E-state index < -0.39 is 0 Å². The van der Waals surface area contributed by atoms with Crippen LogP contribution in [0.4, 0.5) is 0 Å². The number of hydrogen-bond donors (Lipinski definition) is 3. The van der Waals surface area contributed by atoms with Gasteiger partial charge in [0, 0.05) is 18.5 Å². The first-order valence-corrected chi connectivity index (χ1v) is 8.31. The summed E-state index contributed by atoms with van der Waals surface area (Å²) in [6, 6.07) is 7.05. The quantitative estimate of drug-likeness (QED) is 0.746. The third-order valence-corrected chi connectivity index (χ3v) is 4.58. The van der Waals surface area contributed by atoms with Crippen molar-refractivity contribution in [2.75, 3.05) is 0 Å². The highest BCUT2D eigenvalue weighted by Crippen LogP contribution is 2.16. The molecule has 1 aliphatic carbocycles. The molecule has 4 N–H and O–H groups in total. The minimum absolute atomic E-state index is 0. The van der Waals surface area contributed by atoms with Gasteiger partial charge in [-0.05, 0) is 37.8 Å². The van der Waals surface area contributed by atoms with Gasteiger partial charge in [0.2, 0.25) is 5.91 Å². The van der Waals surface area contributed by atoms with E-state index in [1.54, 1.807) is 24.3 Å². The maximum absolute atomic E-state index is 12.4. The summed E-state index contributed by atoms with van der Waals surface area (Å²) in [6.45, 7) is 0.150. The normalized spacial score (nSPS) is 20.0. The van der Waals surface area contributed by atoms with Crippen molar-refractivity contribution in [3.05, 3.63) is 45.0 Å². The lowest BCUT2D eigenvalue weighted by atomic mass is 9.92. The van der Waals surface area contributed by atoms with E-state index in [0.717, 1.165) is 25.7 Å². The number of aromatic amines is 1. The lowest BCUT2D eigenvalue weighted by molar-refractivity contribution is -0.122. The molecule has 136 valence electrons. The number of aromatic nitrogens is 2. The van der Waals surface area contributed by atoms with Crippen LogP contribution in [0.5, 0.6) is 0 Å². The Labute approximate surface area is 151 Å². The van der Waals surface area contributed by atoms with Gasteiger partial charge in [0.05, 0.1) is 17.3 Å². The van der Waals surface area contributed by atoms with Crippen LogP contribution >= 0.6 is 12.4 Å². The topological polar surface area (TPSA) is 110 Å². The highest BCUT2D eigenvalue weighted by atomic mass is 35.5. The fourth-order valence-electron chi connectivity index (χ4n) is 3.18. The Morgan fingerprint density at radius 2 is 1.80 bits per heavy atom. The second-order valence-corrected chi connectivity index (χ2v) is 6.37. The molecule has 1 aromatic heterocycles. The van der Waals surface area contributed by atoms with Crippen LogP contribution in [-0.4, -0.2) is 27.8 Å². The number of halogens is 1. The highest BCUT2D eigenvalue weighted by molar-refractivity contribution is 5.85. The molecule has 0 aliphatic heterocycles. The molecule has 0 saturated heterocycles. The molecule has 2 aromatic rings. The van der Waals surface area contributed by atoms with E-state index in [4.69, 9.17) is 5.73 Å². The second-order valence-electron chi connectivity index (χ2n) is 6.37. The number of amides is 1. The van der Waals surface area contributed by atoms with Crippen LogP contribution in [0.2, 0.25) is 0 Å². The van der Waals surface area contributed by atoms with Crippen LogP contribution in [0.25, 0.3) is 10.8 Å². The van der Waals surface area contributed by atoms with Gasteiger partial charge in [-0.15, -0.1) is 12.4 Å². The molecule has 7 nitrogen and oxygen atoms in total. The number of rotatable bonds is 4. The molecule has 1 fully saturated rings. The first kappa shape index (κ1) is 19.2. The number of fused-ring (bicyclic) bond motifs is 1. The van der Waals surface area contributed by atoms with E-state index in [2.05, 4.69) is 10.4 Å².